The Bertz CT molecular complexity index is 1010. The molecule has 3 aromatic rings. The predicted octanol–water partition coefficient (Wildman–Crippen LogP) is 3.44. The maximum Gasteiger partial charge on any atom is 0.203 e. The van der Waals surface area contributed by atoms with Crippen molar-refractivity contribution < 1.29 is 14.2 Å². The summed E-state index contributed by atoms with van der Waals surface area (Å²) in [6.07, 6.45) is 3.75. The van der Waals surface area contributed by atoms with Crippen LogP contribution >= 0.6 is 24.0 Å². The summed E-state index contributed by atoms with van der Waals surface area (Å²) in [6.45, 7) is 1.87. The van der Waals surface area contributed by atoms with Gasteiger partial charge in [0.05, 0.1) is 27.9 Å². The first-order valence-electron chi connectivity index (χ1n) is 9.96. The van der Waals surface area contributed by atoms with Crippen molar-refractivity contribution in [2.75, 3.05) is 28.4 Å². The van der Waals surface area contributed by atoms with E-state index >= 15 is 0 Å². The topological polar surface area (TPSA) is 81.9 Å². The van der Waals surface area contributed by atoms with Gasteiger partial charge in [-0.15, -0.1) is 24.0 Å². The quantitative estimate of drug-likeness (QED) is 0.241. The molecule has 0 radical (unpaired) electrons. The highest BCUT2D eigenvalue weighted by molar-refractivity contribution is 14.0. The lowest BCUT2D eigenvalue weighted by atomic mass is 10.1. The number of hydrogen-bond acceptors (Lipinski definition) is 5. The van der Waals surface area contributed by atoms with Crippen molar-refractivity contribution in [3.05, 3.63) is 71.5 Å². The smallest absolute Gasteiger partial charge is 0.203 e. The molecule has 0 aliphatic carbocycles. The highest BCUT2D eigenvalue weighted by Crippen LogP contribution is 2.39. The summed E-state index contributed by atoms with van der Waals surface area (Å²) in [7, 11) is 6.56. The molecule has 8 nitrogen and oxygen atoms in total. The molecule has 172 valence electrons. The fraction of sp³-hybridized carbons (Fsp3) is 0.304. The molecule has 0 spiro atoms. The van der Waals surface area contributed by atoms with Crippen LogP contribution in [0.5, 0.6) is 17.2 Å². The van der Waals surface area contributed by atoms with Gasteiger partial charge in [0.25, 0.3) is 0 Å². The molecule has 0 unspecified atom stereocenters. The third kappa shape index (κ3) is 6.28. The number of rotatable bonds is 9. The zero-order chi connectivity index (χ0) is 22.1. The van der Waals surface area contributed by atoms with Gasteiger partial charge in [-0.05, 0) is 29.3 Å². The van der Waals surface area contributed by atoms with Crippen LogP contribution in [0.15, 0.2) is 59.9 Å². The minimum Gasteiger partial charge on any atom is -0.493 e. The Kier molecular flexibility index (Phi) is 10.1. The van der Waals surface area contributed by atoms with Crippen LogP contribution in [0.4, 0.5) is 0 Å². The molecule has 0 amide bonds. The second kappa shape index (κ2) is 12.8. The van der Waals surface area contributed by atoms with Crippen LogP contribution in [0, 0.1) is 0 Å². The Labute approximate surface area is 206 Å². The number of aromatic nitrogens is 2. The zero-order valence-corrected chi connectivity index (χ0v) is 21.1. The molecule has 0 saturated heterocycles. The van der Waals surface area contributed by atoms with E-state index in [0.717, 1.165) is 12.1 Å². The molecule has 0 bridgehead atoms. The zero-order valence-electron chi connectivity index (χ0n) is 18.8. The van der Waals surface area contributed by atoms with Crippen molar-refractivity contribution in [3.63, 3.8) is 0 Å². The molecule has 0 fully saturated rings. The van der Waals surface area contributed by atoms with Gasteiger partial charge in [0, 0.05) is 38.1 Å². The van der Waals surface area contributed by atoms with Gasteiger partial charge in [0.15, 0.2) is 17.5 Å². The van der Waals surface area contributed by atoms with E-state index in [0.29, 0.717) is 36.3 Å². The molecule has 1 heterocycles. The number of benzene rings is 2. The molecule has 0 saturated carbocycles. The molecule has 9 heteroatoms. The summed E-state index contributed by atoms with van der Waals surface area (Å²) in [4.78, 5) is 4.34. The van der Waals surface area contributed by atoms with Crippen molar-refractivity contribution in [2.24, 2.45) is 4.99 Å². The van der Waals surface area contributed by atoms with Gasteiger partial charge in [-0.2, -0.15) is 5.10 Å². The van der Waals surface area contributed by atoms with Crippen molar-refractivity contribution >= 4 is 29.9 Å². The Morgan fingerprint density at radius 2 is 1.56 bits per heavy atom. The molecular formula is C23H30IN5O3. The molecule has 2 aromatic carbocycles. The summed E-state index contributed by atoms with van der Waals surface area (Å²) < 4.78 is 18.3. The van der Waals surface area contributed by atoms with Crippen LogP contribution in [-0.4, -0.2) is 44.1 Å². The van der Waals surface area contributed by atoms with Crippen LogP contribution in [0.25, 0.3) is 0 Å². The minimum atomic E-state index is 0. The third-order valence-corrected chi connectivity index (χ3v) is 4.91. The molecule has 2 N–H and O–H groups in total. The second-order valence-electron chi connectivity index (χ2n) is 6.75. The minimum absolute atomic E-state index is 0. The summed E-state index contributed by atoms with van der Waals surface area (Å²) in [5, 5.41) is 11.0. The van der Waals surface area contributed by atoms with Crippen LogP contribution in [0.2, 0.25) is 0 Å². The summed E-state index contributed by atoms with van der Waals surface area (Å²) >= 11 is 0. The molecule has 0 atom stereocenters. The molecular weight excluding hydrogens is 521 g/mol. The Morgan fingerprint density at radius 1 is 0.875 bits per heavy atom. The first-order chi connectivity index (χ1) is 15.2. The molecule has 0 aliphatic heterocycles. The van der Waals surface area contributed by atoms with Crippen molar-refractivity contribution in [3.8, 4) is 17.2 Å². The number of methoxy groups -OCH3 is 3. The van der Waals surface area contributed by atoms with Gasteiger partial charge in [-0.1, -0.05) is 24.3 Å². The fourth-order valence-corrected chi connectivity index (χ4v) is 3.33. The van der Waals surface area contributed by atoms with E-state index in [1.54, 1.807) is 34.6 Å². The van der Waals surface area contributed by atoms with Gasteiger partial charge in [-0.25, -0.2) is 0 Å². The first kappa shape index (κ1) is 25.3. The standard InChI is InChI=1S/C23H29N5O3.HI/c1-24-23(26-15-18-10-11-20(29-2)22(31-4)21(18)30-3)25-14-17-8-5-6-9-19(17)16-28-13-7-12-27-28;/h5-13H,14-16H2,1-4H3,(H2,24,25,26);1H. The second-order valence-corrected chi connectivity index (χ2v) is 6.75. The van der Waals surface area contributed by atoms with Gasteiger partial charge in [0.1, 0.15) is 0 Å². The highest BCUT2D eigenvalue weighted by Gasteiger charge is 2.16. The number of aliphatic imine (C=N–C) groups is 1. The fourth-order valence-electron chi connectivity index (χ4n) is 3.33. The lowest BCUT2D eigenvalue weighted by Gasteiger charge is -2.18. The Balaban J connectivity index is 0.00000363. The molecule has 1 aromatic heterocycles. The summed E-state index contributed by atoms with van der Waals surface area (Å²) in [5.74, 6) is 2.51. The molecule has 3 rings (SSSR count). The molecule has 32 heavy (non-hydrogen) atoms. The number of ether oxygens (including phenoxy) is 3. The predicted molar refractivity (Wildman–Crippen MR) is 136 cm³/mol. The number of nitrogens with zero attached hydrogens (tertiary/aromatic N) is 3. The average Bonchev–Trinajstić information content (AvgIpc) is 3.32. The number of hydrogen-bond donors (Lipinski definition) is 2. The highest BCUT2D eigenvalue weighted by atomic mass is 127. The maximum atomic E-state index is 5.56. The lowest BCUT2D eigenvalue weighted by molar-refractivity contribution is 0.322. The van der Waals surface area contributed by atoms with Gasteiger partial charge in [-0.3, -0.25) is 9.67 Å². The van der Waals surface area contributed by atoms with Crippen LogP contribution in [0.1, 0.15) is 16.7 Å². The Morgan fingerprint density at radius 3 is 2.16 bits per heavy atom. The number of nitrogens with one attached hydrogen (secondary N) is 2. The lowest BCUT2D eigenvalue weighted by Crippen LogP contribution is -2.36. The largest absolute Gasteiger partial charge is 0.493 e. The van der Waals surface area contributed by atoms with Gasteiger partial charge in [0.2, 0.25) is 5.75 Å². The van der Waals surface area contributed by atoms with E-state index in [1.807, 2.05) is 41.2 Å². The van der Waals surface area contributed by atoms with E-state index < -0.39 is 0 Å². The summed E-state index contributed by atoms with van der Waals surface area (Å²) in [6, 6.07) is 14.0. The number of halogens is 1. The Hall–Kier alpha value is -2.95. The van der Waals surface area contributed by atoms with Crippen LogP contribution < -0.4 is 24.8 Å². The third-order valence-electron chi connectivity index (χ3n) is 4.91. The maximum absolute atomic E-state index is 5.56. The van der Waals surface area contributed by atoms with Crippen LogP contribution in [-0.2, 0) is 19.6 Å². The van der Waals surface area contributed by atoms with Crippen molar-refractivity contribution in [1.82, 2.24) is 20.4 Å². The monoisotopic (exact) mass is 551 g/mol. The van der Waals surface area contributed by atoms with E-state index in [1.165, 1.54) is 11.1 Å². The van der Waals surface area contributed by atoms with Gasteiger partial charge >= 0.3 is 0 Å². The molecule has 0 aliphatic rings. The van der Waals surface area contributed by atoms with Crippen molar-refractivity contribution in [2.45, 2.75) is 19.6 Å². The normalized spacial score (nSPS) is 10.8. The van der Waals surface area contributed by atoms with Gasteiger partial charge < -0.3 is 24.8 Å². The summed E-state index contributed by atoms with van der Waals surface area (Å²) in [5.41, 5.74) is 3.32. The van der Waals surface area contributed by atoms with E-state index in [9.17, 15) is 0 Å². The first-order valence-corrected chi connectivity index (χ1v) is 9.96. The van der Waals surface area contributed by atoms with E-state index in [2.05, 4.69) is 32.9 Å². The SMILES string of the molecule is CN=C(NCc1ccccc1Cn1cccn1)NCc1ccc(OC)c(OC)c1OC.I. The average molecular weight is 551 g/mol. The van der Waals surface area contributed by atoms with E-state index in [-0.39, 0.29) is 24.0 Å². The van der Waals surface area contributed by atoms with Crippen LogP contribution in [0.3, 0.4) is 0 Å². The number of guanidine groups is 1. The van der Waals surface area contributed by atoms with E-state index in [4.69, 9.17) is 14.2 Å². The van der Waals surface area contributed by atoms with Crippen molar-refractivity contribution in [1.29, 1.82) is 0 Å².